The number of rotatable bonds is 3. The predicted molar refractivity (Wildman–Crippen MR) is 91.9 cm³/mol. The van der Waals surface area contributed by atoms with E-state index in [-0.39, 0.29) is 30.5 Å². The molecule has 23 heavy (non-hydrogen) atoms. The second-order valence-electron chi connectivity index (χ2n) is 5.47. The molecule has 128 valence electrons. The molecule has 2 aliphatic heterocycles. The van der Waals surface area contributed by atoms with E-state index >= 15 is 0 Å². The molecule has 0 aliphatic carbocycles. The molecule has 1 amide bonds. The summed E-state index contributed by atoms with van der Waals surface area (Å²) in [6.45, 7) is 3.09. The minimum atomic E-state index is -0.238. The maximum atomic E-state index is 12.4. The van der Waals surface area contributed by atoms with E-state index in [1.54, 1.807) is 18.2 Å². The Morgan fingerprint density at radius 1 is 1.35 bits per heavy atom. The fourth-order valence-corrected chi connectivity index (χ4v) is 3.00. The van der Waals surface area contributed by atoms with Crippen molar-refractivity contribution in [2.24, 2.45) is 0 Å². The number of nitrogens with one attached hydrogen (secondary N) is 1. The lowest BCUT2D eigenvalue weighted by Gasteiger charge is -2.27. The zero-order valence-corrected chi connectivity index (χ0v) is 14.8. The van der Waals surface area contributed by atoms with Crippen LogP contribution in [0.4, 0.5) is 0 Å². The van der Waals surface area contributed by atoms with Crippen molar-refractivity contribution in [3.05, 3.63) is 28.2 Å². The van der Waals surface area contributed by atoms with E-state index < -0.39 is 0 Å². The molecule has 1 aromatic rings. The molecule has 2 saturated heterocycles. The van der Waals surface area contributed by atoms with Crippen LogP contribution in [0, 0.1) is 0 Å². The molecule has 2 aliphatic rings. The molecule has 1 aromatic carbocycles. The summed E-state index contributed by atoms with van der Waals surface area (Å²) in [7, 11) is 0. The number of carbonyl (C=O) groups excluding carboxylic acids is 1. The van der Waals surface area contributed by atoms with Crippen LogP contribution in [-0.2, 0) is 9.53 Å². The zero-order chi connectivity index (χ0) is 15.5. The Labute approximate surface area is 151 Å². The largest absolute Gasteiger partial charge is 0.488 e. The molecule has 1 N–H and O–H groups in total. The molecule has 0 aromatic heterocycles. The zero-order valence-electron chi connectivity index (χ0n) is 12.5. The standard InChI is InChI=1S/C15H18Cl2N2O3.ClH/c16-12-2-1-10(7-13(12)17)22-11-3-5-19(8-11)15(20)14-9-21-6-4-18-14;/h1-2,7,11,14,18H,3-6,8-9H2;1H. The molecular formula is C15H19Cl3N2O3. The molecule has 0 saturated carbocycles. The van der Waals surface area contributed by atoms with Gasteiger partial charge in [0.05, 0.1) is 29.8 Å². The van der Waals surface area contributed by atoms with E-state index in [9.17, 15) is 4.79 Å². The average molecular weight is 382 g/mol. The van der Waals surface area contributed by atoms with E-state index in [0.29, 0.717) is 48.6 Å². The van der Waals surface area contributed by atoms with Crippen LogP contribution in [0.25, 0.3) is 0 Å². The number of benzene rings is 1. The quantitative estimate of drug-likeness (QED) is 0.873. The van der Waals surface area contributed by atoms with Gasteiger partial charge in [0.2, 0.25) is 5.91 Å². The van der Waals surface area contributed by atoms with Crippen LogP contribution in [0.5, 0.6) is 5.75 Å². The summed E-state index contributed by atoms with van der Waals surface area (Å²) in [5, 5.41) is 4.15. The Balaban J connectivity index is 0.00000192. The first-order chi connectivity index (χ1) is 10.6. The third kappa shape index (κ3) is 4.64. The van der Waals surface area contributed by atoms with Crippen molar-refractivity contribution in [1.82, 2.24) is 10.2 Å². The van der Waals surface area contributed by atoms with Crippen LogP contribution in [0.2, 0.25) is 10.0 Å². The molecule has 2 atom stereocenters. The maximum Gasteiger partial charge on any atom is 0.242 e. The van der Waals surface area contributed by atoms with Crippen LogP contribution in [-0.4, -0.2) is 55.8 Å². The smallest absolute Gasteiger partial charge is 0.242 e. The fraction of sp³-hybridized carbons (Fsp3) is 0.533. The van der Waals surface area contributed by atoms with E-state index in [2.05, 4.69) is 5.32 Å². The maximum absolute atomic E-state index is 12.4. The van der Waals surface area contributed by atoms with Gasteiger partial charge in [-0.2, -0.15) is 0 Å². The van der Waals surface area contributed by atoms with Gasteiger partial charge < -0.3 is 19.7 Å². The fourth-order valence-electron chi connectivity index (χ4n) is 2.71. The first-order valence-electron chi connectivity index (χ1n) is 7.35. The second kappa shape index (κ2) is 8.40. The topological polar surface area (TPSA) is 50.8 Å². The lowest BCUT2D eigenvalue weighted by molar-refractivity contribution is -0.135. The van der Waals surface area contributed by atoms with Gasteiger partial charge in [0.1, 0.15) is 17.9 Å². The molecular weight excluding hydrogens is 363 g/mol. The third-order valence-electron chi connectivity index (χ3n) is 3.87. The summed E-state index contributed by atoms with van der Waals surface area (Å²) in [4.78, 5) is 14.2. The molecule has 2 heterocycles. The van der Waals surface area contributed by atoms with Gasteiger partial charge >= 0.3 is 0 Å². The molecule has 2 fully saturated rings. The van der Waals surface area contributed by atoms with E-state index in [0.717, 1.165) is 6.42 Å². The van der Waals surface area contributed by atoms with Crippen molar-refractivity contribution in [2.45, 2.75) is 18.6 Å². The van der Waals surface area contributed by atoms with Crippen molar-refractivity contribution in [1.29, 1.82) is 0 Å². The van der Waals surface area contributed by atoms with Crippen LogP contribution in [0.3, 0.4) is 0 Å². The highest BCUT2D eigenvalue weighted by Gasteiger charge is 2.32. The SMILES string of the molecule is Cl.O=C(C1COCCN1)N1CCC(Oc2ccc(Cl)c(Cl)c2)C1. The molecule has 0 spiro atoms. The van der Waals surface area contributed by atoms with Crippen molar-refractivity contribution in [3.63, 3.8) is 0 Å². The van der Waals surface area contributed by atoms with E-state index in [1.165, 1.54) is 0 Å². The number of carbonyl (C=O) groups is 1. The third-order valence-corrected chi connectivity index (χ3v) is 4.61. The molecule has 8 heteroatoms. The highest BCUT2D eigenvalue weighted by molar-refractivity contribution is 6.42. The van der Waals surface area contributed by atoms with Gasteiger partial charge in [-0.05, 0) is 12.1 Å². The lowest BCUT2D eigenvalue weighted by Crippen LogP contribution is -2.52. The first kappa shape index (κ1) is 18.6. The number of nitrogens with zero attached hydrogens (tertiary/aromatic N) is 1. The number of ether oxygens (including phenoxy) is 2. The van der Waals surface area contributed by atoms with Crippen LogP contribution in [0.15, 0.2) is 18.2 Å². The van der Waals surface area contributed by atoms with Gasteiger partial charge in [-0.3, -0.25) is 4.79 Å². The summed E-state index contributed by atoms with van der Waals surface area (Å²) in [5.74, 6) is 0.757. The Kier molecular flexibility index (Phi) is 6.80. The number of amides is 1. The van der Waals surface area contributed by atoms with Crippen molar-refractivity contribution in [3.8, 4) is 5.75 Å². The van der Waals surface area contributed by atoms with E-state index in [1.807, 2.05) is 4.90 Å². The normalized spacial score (nSPS) is 24.2. The van der Waals surface area contributed by atoms with E-state index in [4.69, 9.17) is 32.7 Å². The first-order valence-corrected chi connectivity index (χ1v) is 8.10. The van der Waals surface area contributed by atoms with Gasteiger partial charge in [0.15, 0.2) is 0 Å². The number of hydrogen-bond donors (Lipinski definition) is 1. The Bertz CT molecular complexity index is 553. The average Bonchev–Trinajstić information content (AvgIpc) is 2.99. The molecule has 5 nitrogen and oxygen atoms in total. The summed E-state index contributed by atoms with van der Waals surface area (Å²) >= 11 is 11.9. The predicted octanol–water partition coefficient (Wildman–Crippen LogP) is 2.38. The van der Waals surface area contributed by atoms with Gasteiger partial charge in [0.25, 0.3) is 0 Å². The number of likely N-dealkylation sites (tertiary alicyclic amines) is 1. The van der Waals surface area contributed by atoms with Gasteiger partial charge in [-0.25, -0.2) is 0 Å². The Morgan fingerprint density at radius 2 is 2.17 bits per heavy atom. The number of hydrogen-bond acceptors (Lipinski definition) is 4. The Hall–Kier alpha value is -0.720. The molecule has 0 radical (unpaired) electrons. The minimum absolute atomic E-state index is 0. The van der Waals surface area contributed by atoms with Crippen molar-refractivity contribution >= 4 is 41.5 Å². The highest BCUT2D eigenvalue weighted by Crippen LogP contribution is 2.28. The minimum Gasteiger partial charge on any atom is -0.488 e. The Morgan fingerprint density at radius 3 is 2.87 bits per heavy atom. The van der Waals surface area contributed by atoms with Gasteiger partial charge in [-0.1, -0.05) is 23.2 Å². The highest BCUT2D eigenvalue weighted by atomic mass is 35.5. The summed E-state index contributed by atoms with van der Waals surface area (Å²) in [6.07, 6.45) is 0.783. The van der Waals surface area contributed by atoms with Crippen LogP contribution < -0.4 is 10.1 Å². The number of morpholine rings is 1. The monoisotopic (exact) mass is 380 g/mol. The van der Waals surface area contributed by atoms with Crippen LogP contribution >= 0.6 is 35.6 Å². The van der Waals surface area contributed by atoms with Gasteiger partial charge in [-0.15, -0.1) is 12.4 Å². The summed E-state index contributed by atoms with van der Waals surface area (Å²) in [6, 6.07) is 4.96. The van der Waals surface area contributed by atoms with Crippen LogP contribution in [0.1, 0.15) is 6.42 Å². The van der Waals surface area contributed by atoms with Gasteiger partial charge in [0, 0.05) is 25.6 Å². The molecule has 3 rings (SSSR count). The lowest BCUT2D eigenvalue weighted by atomic mass is 10.2. The molecule has 2 unspecified atom stereocenters. The van der Waals surface area contributed by atoms with Crippen molar-refractivity contribution < 1.29 is 14.3 Å². The number of halogens is 3. The van der Waals surface area contributed by atoms with Crippen molar-refractivity contribution in [2.75, 3.05) is 32.8 Å². The second-order valence-corrected chi connectivity index (χ2v) is 6.28. The molecule has 0 bridgehead atoms. The summed E-state index contributed by atoms with van der Waals surface area (Å²) in [5.41, 5.74) is 0. The summed E-state index contributed by atoms with van der Waals surface area (Å²) < 4.78 is 11.2.